The van der Waals surface area contributed by atoms with Crippen molar-refractivity contribution < 1.29 is 149 Å². The molecule has 0 aromatic heterocycles. The Balaban J connectivity index is -0.000000116. The number of hydrogen-bond donors (Lipinski definition) is 2. The molecule has 216 valence electrons. The fourth-order valence-electron chi connectivity index (χ4n) is 1.53. The van der Waals surface area contributed by atoms with Gasteiger partial charge in [0, 0.05) is 12.2 Å². The van der Waals surface area contributed by atoms with Gasteiger partial charge in [-0.15, -0.1) is 0 Å². The molecular weight excluding hydrogens is 574 g/mol. The first-order valence-electron chi connectivity index (χ1n) is 10.6. The predicted octanol–water partition coefficient (Wildman–Crippen LogP) is -5.59. The van der Waals surface area contributed by atoms with Crippen molar-refractivity contribution in [3.63, 3.8) is 0 Å². The topological polar surface area (TPSA) is 220 Å². The van der Waals surface area contributed by atoms with E-state index in [4.69, 9.17) is 20.1 Å². The summed E-state index contributed by atoms with van der Waals surface area (Å²) in [6.45, 7) is 6.03. The molecule has 0 fully saturated rings. The number of carboxylic acid groups (broad SMARTS) is 3. The summed E-state index contributed by atoms with van der Waals surface area (Å²) < 4.78 is 18.5. The molecule has 0 heterocycles. The van der Waals surface area contributed by atoms with Crippen LogP contribution >= 0.6 is 0 Å². The Labute approximate surface area is 297 Å². The summed E-state index contributed by atoms with van der Waals surface area (Å²) >= 11 is 0. The van der Waals surface area contributed by atoms with E-state index in [-0.39, 0.29) is 140 Å². The normalized spacial score (nSPS) is 8.85. The zero-order valence-corrected chi connectivity index (χ0v) is 28.7. The van der Waals surface area contributed by atoms with Crippen molar-refractivity contribution in [1.82, 2.24) is 0 Å². The van der Waals surface area contributed by atoms with Crippen LogP contribution in [0.3, 0.4) is 0 Å². The maximum atomic E-state index is 10.9. The zero-order valence-electron chi connectivity index (χ0n) is 23.5. The second-order valence-electron chi connectivity index (χ2n) is 6.09. The zero-order chi connectivity index (χ0) is 29.1. The van der Waals surface area contributed by atoms with Crippen LogP contribution in [0.4, 0.5) is 0 Å². The van der Waals surface area contributed by atoms with Gasteiger partial charge in [0.15, 0.2) is 0 Å². The number of carboxylic acids is 3. The summed E-state index contributed by atoms with van der Waals surface area (Å²) in [6.07, 6.45) is 5.37. The molecule has 0 rings (SSSR count). The van der Waals surface area contributed by atoms with Crippen molar-refractivity contribution in [2.24, 2.45) is 0 Å². The number of hydrogen-bond acceptors (Lipinski definition) is 12. The number of carbonyl (C=O) groups is 7. The summed E-state index contributed by atoms with van der Waals surface area (Å²) in [7, 11) is 0. The predicted molar refractivity (Wildman–Crippen MR) is 129 cm³/mol. The van der Waals surface area contributed by atoms with E-state index >= 15 is 0 Å². The molecule has 0 aliphatic rings. The molecule has 0 aromatic rings. The molecule has 14 nitrogen and oxygen atoms in total. The second kappa shape index (κ2) is 37.1. The third-order valence-corrected chi connectivity index (χ3v) is 3.04. The summed E-state index contributed by atoms with van der Waals surface area (Å²) in [6, 6.07) is 0. The van der Waals surface area contributed by atoms with E-state index in [1.165, 1.54) is 24.3 Å². The Kier molecular flexibility index (Phi) is 47.3. The number of aliphatic carboxylic acids is 3. The Morgan fingerprint density at radius 1 is 0.675 bits per heavy atom. The van der Waals surface area contributed by atoms with Crippen LogP contribution in [0.5, 0.6) is 0 Å². The molecule has 0 spiro atoms. The first-order valence-corrected chi connectivity index (χ1v) is 10.6. The SMILES string of the molecule is C=CC(=O)[O-].CC=CC(=O)OCCOC(=O)CCC(=O)O.CC=CC(=O)OCCOC(=O)CCC(=O)O.[CH3-].[K+].[Na+]. The van der Waals surface area contributed by atoms with Gasteiger partial charge in [0.1, 0.15) is 26.4 Å². The van der Waals surface area contributed by atoms with E-state index in [2.05, 4.69) is 25.5 Å². The van der Waals surface area contributed by atoms with Gasteiger partial charge in [0.2, 0.25) is 0 Å². The monoisotopic (exact) mass is 608 g/mol. The minimum atomic E-state index is -1.23. The van der Waals surface area contributed by atoms with E-state index in [0.29, 0.717) is 0 Å². The maximum absolute atomic E-state index is 10.9. The van der Waals surface area contributed by atoms with Crippen LogP contribution < -0.4 is 86.0 Å². The summed E-state index contributed by atoms with van der Waals surface area (Å²) in [5, 5.41) is 25.7. The van der Waals surface area contributed by atoms with Crippen LogP contribution in [0, 0.1) is 7.43 Å². The summed E-state index contributed by atoms with van der Waals surface area (Å²) in [5.41, 5.74) is 0. The number of ether oxygens (including phenoxy) is 4. The Bertz CT molecular complexity index is 766. The number of rotatable bonds is 15. The van der Waals surface area contributed by atoms with E-state index in [1.807, 2.05) is 0 Å². The molecule has 0 radical (unpaired) electrons. The molecule has 0 amide bonds. The average Bonchev–Trinajstić information content (AvgIpc) is 2.83. The van der Waals surface area contributed by atoms with Gasteiger partial charge in [0.25, 0.3) is 0 Å². The van der Waals surface area contributed by atoms with Crippen LogP contribution in [0.25, 0.3) is 0 Å². The van der Waals surface area contributed by atoms with Gasteiger partial charge in [-0.1, -0.05) is 18.7 Å². The van der Waals surface area contributed by atoms with Crippen LogP contribution in [0.1, 0.15) is 39.5 Å². The molecule has 0 aromatic carbocycles. The molecular formula is C24H34KNaO14. The standard InChI is InChI=1S/2C10H14O6.C3H4O2.CH3.K.Na/c2*1-2-3-9(13)15-6-7-16-10(14)5-4-8(11)12;1-2-3(4)5;;;/h2*2-3H,4-7H2,1H3,(H,11,12);2H,1H2,(H,4,5);1H3;;/q;;;-1;2*+1/p-1. The van der Waals surface area contributed by atoms with E-state index < -0.39 is 41.8 Å². The number of carbonyl (C=O) groups excluding carboxylic acids is 5. The third kappa shape index (κ3) is 49.1. The first-order chi connectivity index (χ1) is 17.4. The fraction of sp³-hybridized carbons (Fsp3) is 0.417. The fourth-order valence-corrected chi connectivity index (χ4v) is 1.53. The molecule has 0 aliphatic heterocycles. The van der Waals surface area contributed by atoms with Gasteiger partial charge in [-0.2, -0.15) is 0 Å². The van der Waals surface area contributed by atoms with Crippen molar-refractivity contribution in [2.75, 3.05) is 26.4 Å². The second-order valence-corrected chi connectivity index (χ2v) is 6.09. The van der Waals surface area contributed by atoms with Crippen LogP contribution in [-0.4, -0.2) is 78.4 Å². The van der Waals surface area contributed by atoms with Gasteiger partial charge in [0.05, 0.1) is 31.7 Å². The quantitative estimate of drug-likeness (QED) is 0.0442. The van der Waals surface area contributed by atoms with Gasteiger partial charge in [-0.3, -0.25) is 19.2 Å². The molecule has 0 unspecified atom stereocenters. The van der Waals surface area contributed by atoms with Crippen molar-refractivity contribution >= 4 is 41.8 Å². The molecule has 0 atom stereocenters. The molecule has 16 heteroatoms. The minimum absolute atomic E-state index is 0. The molecule has 2 N–H and O–H groups in total. The number of allylic oxidation sites excluding steroid dienone is 2. The maximum Gasteiger partial charge on any atom is 1.00 e. The number of esters is 4. The van der Waals surface area contributed by atoms with Gasteiger partial charge in [-0.25, -0.2) is 9.59 Å². The van der Waals surface area contributed by atoms with Crippen LogP contribution in [0.15, 0.2) is 37.0 Å². The molecule has 0 bridgehead atoms. The average molecular weight is 609 g/mol. The third-order valence-electron chi connectivity index (χ3n) is 3.04. The Hall–Kier alpha value is -1.85. The molecule has 0 aliphatic carbocycles. The molecule has 0 saturated heterocycles. The smallest absolute Gasteiger partial charge is 0.545 e. The van der Waals surface area contributed by atoms with Crippen molar-refractivity contribution in [2.45, 2.75) is 39.5 Å². The molecule has 0 saturated carbocycles. The van der Waals surface area contributed by atoms with Gasteiger partial charge >= 0.3 is 117 Å². The largest absolute Gasteiger partial charge is 1.00 e. The summed E-state index contributed by atoms with van der Waals surface area (Å²) in [4.78, 5) is 72.7. The van der Waals surface area contributed by atoms with Gasteiger partial charge in [-0.05, 0) is 19.9 Å². The van der Waals surface area contributed by atoms with Crippen LogP contribution in [0.2, 0.25) is 0 Å². The Morgan fingerprint density at radius 3 is 1.18 bits per heavy atom. The Morgan fingerprint density at radius 2 is 0.950 bits per heavy atom. The van der Waals surface area contributed by atoms with E-state index in [1.54, 1.807) is 13.8 Å². The van der Waals surface area contributed by atoms with Crippen molar-refractivity contribution in [1.29, 1.82) is 0 Å². The van der Waals surface area contributed by atoms with Crippen molar-refractivity contribution in [3.05, 3.63) is 44.4 Å². The van der Waals surface area contributed by atoms with Gasteiger partial charge < -0.3 is 46.5 Å². The van der Waals surface area contributed by atoms with Crippen LogP contribution in [-0.2, 0) is 52.5 Å². The minimum Gasteiger partial charge on any atom is -0.545 e. The van der Waals surface area contributed by atoms with E-state index in [9.17, 15) is 28.8 Å². The van der Waals surface area contributed by atoms with E-state index in [0.717, 1.165) is 6.08 Å². The first kappa shape index (κ1) is 50.9. The molecule has 40 heavy (non-hydrogen) atoms. The summed E-state index contributed by atoms with van der Waals surface area (Å²) in [5.74, 6) is -5.61. The van der Waals surface area contributed by atoms with Crippen molar-refractivity contribution in [3.8, 4) is 0 Å².